The largest absolute Gasteiger partial charge is 0.490 e. The maximum Gasteiger partial charge on any atom is 0.324 e. The SMILES string of the molecule is O=C1CN(CCCCCS(=O)(=O)NC2CCCc3c2ccc(F)c3OCC2CC2)C(=O)N1. The van der Waals surface area contributed by atoms with E-state index < -0.39 is 16.1 Å². The minimum absolute atomic E-state index is 0.0177. The number of carbonyl (C=O) groups is 2. The lowest BCUT2D eigenvalue weighted by Crippen LogP contribution is -2.33. The molecular weight excluding hydrogens is 437 g/mol. The van der Waals surface area contributed by atoms with E-state index in [0.717, 1.165) is 30.4 Å². The summed E-state index contributed by atoms with van der Waals surface area (Å²) in [5, 5.41) is 2.22. The molecule has 0 spiro atoms. The highest BCUT2D eigenvalue weighted by molar-refractivity contribution is 7.89. The Bertz CT molecular complexity index is 980. The molecule has 1 aromatic rings. The molecule has 176 valence electrons. The number of carbonyl (C=O) groups excluding carboxylic acids is 2. The molecule has 1 aromatic carbocycles. The number of imide groups is 1. The summed E-state index contributed by atoms with van der Waals surface area (Å²) in [6.45, 7) is 1.000. The number of nitrogens with zero attached hydrogens (tertiary/aromatic N) is 1. The second-order valence-electron chi connectivity index (χ2n) is 8.92. The zero-order chi connectivity index (χ0) is 22.7. The van der Waals surface area contributed by atoms with E-state index in [-0.39, 0.29) is 35.8 Å². The van der Waals surface area contributed by atoms with Gasteiger partial charge in [-0.3, -0.25) is 10.1 Å². The molecule has 2 N–H and O–H groups in total. The van der Waals surface area contributed by atoms with E-state index in [1.807, 2.05) is 0 Å². The monoisotopic (exact) mass is 467 g/mol. The van der Waals surface area contributed by atoms with Gasteiger partial charge >= 0.3 is 6.03 Å². The van der Waals surface area contributed by atoms with Crippen molar-refractivity contribution in [3.8, 4) is 5.75 Å². The highest BCUT2D eigenvalue weighted by Crippen LogP contribution is 2.38. The minimum Gasteiger partial charge on any atom is -0.490 e. The first-order chi connectivity index (χ1) is 15.3. The molecule has 0 bridgehead atoms. The van der Waals surface area contributed by atoms with Crippen LogP contribution in [0, 0.1) is 11.7 Å². The highest BCUT2D eigenvalue weighted by Gasteiger charge is 2.30. The Morgan fingerprint density at radius 3 is 2.69 bits per heavy atom. The van der Waals surface area contributed by atoms with Crippen LogP contribution in [0.5, 0.6) is 5.75 Å². The number of benzene rings is 1. The summed E-state index contributed by atoms with van der Waals surface area (Å²) in [4.78, 5) is 24.1. The normalized spacial score (nSPS) is 20.9. The number of halogens is 1. The second-order valence-corrected chi connectivity index (χ2v) is 10.8. The number of unbranched alkanes of at least 4 members (excludes halogenated alkanes) is 2. The Balaban J connectivity index is 1.29. The van der Waals surface area contributed by atoms with E-state index in [1.54, 1.807) is 6.07 Å². The molecule has 2 fully saturated rings. The van der Waals surface area contributed by atoms with E-state index in [2.05, 4.69) is 10.0 Å². The zero-order valence-electron chi connectivity index (χ0n) is 18.1. The van der Waals surface area contributed by atoms with Crippen LogP contribution in [-0.2, 0) is 21.2 Å². The fourth-order valence-corrected chi connectivity index (χ4v) is 5.69. The average molecular weight is 468 g/mol. The van der Waals surface area contributed by atoms with Gasteiger partial charge in [0.2, 0.25) is 15.9 Å². The average Bonchev–Trinajstić information content (AvgIpc) is 3.50. The standard InChI is InChI=1S/C22H30FN3O5S/c23-18-10-9-16-17(21(18)31-14-15-7-8-15)5-4-6-19(16)25-32(29,30)12-3-1-2-11-26-13-20(27)24-22(26)28/h9-10,15,19,25H,1-8,11-14H2,(H,24,27,28). The lowest BCUT2D eigenvalue weighted by Gasteiger charge is -2.28. The Hall–Kier alpha value is -2.20. The van der Waals surface area contributed by atoms with Gasteiger partial charge in [0.25, 0.3) is 0 Å². The summed E-state index contributed by atoms with van der Waals surface area (Å²) in [6.07, 6.45) is 6.05. The smallest absolute Gasteiger partial charge is 0.324 e. The lowest BCUT2D eigenvalue weighted by molar-refractivity contribution is -0.118. The van der Waals surface area contributed by atoms with Crippen molar-refractivity contribution in [1.29, 1.82) is 0 Å². The van der Waals surface area contributed by atoms with Gasteiger partial charge in [0.1, 0.15) is 6.54 Å². The molecule has 1 heterocycles. The third kappa shape index (κ3) is 5.78. The predicted molar refractivity (Wildman–Crippen MR) is 116 cm³/mol. The predicted octanol–water partition coefficient (Wildman–Crippen LogP) is 2.63. The van der Waals surface area contributed by atoms with Crippen LogP contribution in [0.3, 0.4) is 0 Å². The van der Waals surface area contributed by atoms with Gasteiger partial charge in [-0.1, -0.05) is 12.5 Å². The minimum atomic E-state index is -3.51. The van der Waals surface area contributed by atoms with Crippen LogP contribution in [0.1, 0.15) is 62.1 Å². The van der Waals surface area contributed by atoms with Gasteiger partial charge in [0, 0.05) is 18.2 Å². The Labute approximate surface area is 187 Å². The molecular formula is C22H30FN3O5S. The van der Waals surface area contributed by atoms with Gasteiger partial charge in [-0.2, -0.15) is 0 Å². The number of urea groups is 1. The fraction of sp³-hybridized carbons (Fsp3) is 0.636. The first-order valence-electron chi connectivity index (χ1n) is 11.4. The topological polar surface area (TPSA) is 105 Å². The number of fused-ring (bicyclic) bond motifs is 1. The molecule has 1 atom stereocenters. The van der Waals surface area contributed by atoms with Gasteiger partial charge < -0.3 is 9.64 Å². The number of amides is 3. The number of nitrogens with one attached hydrogen (secondary N) is 2. The van der Waals surface area contributed by atoms with Crippen LogP contribution in [0.2, 0.25) is 0 Å². The summed E-state index contributed by atoms with van der Waals surface area (Å²) in [5.41, 5.74) is 1.58. The number of rotatable bonds is 11. The van der Waals surface area contributed by atoms with Crippen molar-refractivity contribution in [2.45, 2.75) is 57.4 Å². The van der Waals surface area contributed by atoms with Crippen LogP contribution in [0.15, 0.2) is 12.1 Å². The molecule has 2 aliphatic carbocycles. The second kappa shape index (κ2) is 9.74. The number of hydrogen-bond donors (Lipinski definition) is 2. The Morgan fingerprint density at radius 2 is 1.97 bits per heavy atom. The molecule has 1 unspecified atom stereocenters. The van der Waals surface area contributed by atoms with E-state index in [9.17, 15) is 22.4 Å². The van der Waals surface area contributed by atoms with Crippen LogP contribution in [-0.4, -0.2) is 50.7 Å². The molecule has 1 saturated heterocycles. The number of hydrogen-bond acceptors (Lipinski definition) is 5. The van der Waals surface area contributed by atoms with Crippen LogP contribution in [0.25, 0.3) is 0 Å². The highest BCUT2D eigenvalue weighted by atomic mass is 32.2. The Kier molecular flexibility index (Phi) is 6.99. The number of ether oxygens (including phenoxy) is 1. The van der Waals surface area contributed by atoms with Crippen molar-refractivity contribution in [3.05, 3.63) is 29.1 Å². The van der Waals surface area contributed by atoms with Gasteiger partial charge in [0.15, 0.2) is 11.6 Å². The molecule has 0 radical (unpaired) electrons. The molecule has 1 aliphatic heterocycles. The maximum atomic E-state index is 14.4. The van der Waals surface area contributed by atoms with Crippen molar-refractivity contribution in [1.82, 2.24) is 14.9 Å². The maximum absolute atomic E-state index is 14.4. The summed E-state index contributed by atoms with van der Waals surface area (Å²) in [5.74, 6) is 0.0685. The molecule has 8 nitrogen and oxygen atoms in total. The zero-order valence-corrected chi connectivity index (χ0v) is 18.9. The molecule has 4 rings (SSSR count). The van der Waals surface area contributed by atoms with Crippen molar-refractivity contribution in [3.63, 3.8) is 0 Å². The quantitative estimate of drug-likeness (QED) is 0.385. The lowest BCUT2D eigenvalue weighted by atomic mass is 9.87. The van der Waals surface area contributed by atoms with Crippen molar-refractivity contribution < 1.29 is 27.1 Å². The third-order valence-corrected chi connectivity index (χ3v) is 7.70. The summed E-state index contributed by atoms with van der Waals surface area (Å²) >= 11 is 0. The van der Waals surface area contributed by atoms with Gasteiger partial charge in [0.05, 0.1) is 12.4 Å². The summed E-state index contributed by atoms with van der Waals surface area (Å²) in [6, 6.07) is 2.26. The van der Waals surface area contributed by atoms with Crippen molar-refractivity contribution in [2.75, 3.05) is 25.4 Å². The van der Waals surface area contributed by atoms with Gasteiger partial charge in [-0.05, 0) is 62.5 Å². The third-order valence-electron chi connectivity index (χ3n) is 6.23. The summed E-state index contributed by atoms with van der Waals surface area (Å²) < 4.78 is 48.3. The first kappa shape index (κ1) is 23.0. The van der Waals surface area contributed by atoms with E-state index in [0.29, 0.717) is 51.2 Å². The van der Waals surface area contributed by atoms with E-state index >= 15 is 0 Å². The molecule has 0 aromatic heterocycles. The van der Waals surface area contributed by atoms with E-state index in [4.69, 9.17) is 4.74 Å². The molecule has 3 aliphatic rings. The number of sulfonamides is 1. The molecule has 32 heavy (non-hydrogen) atoms. The molecule has 3 amide bonds. The fourth-order valence-electron chi connectivity index (χ4n) is 4.31. The van der Waals surface area contributed by atoms with Gasteiger partial charge in [-0.25, -0.2) is 22.3 Å². The summed E-state index contributed by atoms with van der Waals surface area (Å²) in [7, 11) is -3.51. The van der Waals surface area contributed by atoms with Crippen LogP contribution >= 0.6 is 0 Å². The van der Waals surface area contributed by atoms with Crippen LogP contribution in [0.4, 0.5) is 9.18 Å². The van der Waals surface area contributed by atoms with E-state index in [1.165, 1.54) is 11.0 Å². The van der Waals surface area contributed by atoms with Crippen LogP contribution < -0.4 is 14.8 Å². The van der Waals surface area contributed by atoms with Crippen molar-refractivity contribution >= 4 is 22.0 Å². The molecule has 10 heteroatoms. The Morgan fingerprint density at radius 1 is 1.16 bits per heavy atom. The van der Waals surface area contributed by atoms with Crippen molar-refractivity contribution in [2.24, 2.45) is 5.92 Å². The molecule has 1 saturated carbocycles. The first-order valence-corrected chi connectivity index (χ1v) is 13.0. The van der Waals surface area contributed by atoms with Gasteiger partial charge in [-0.15, -0.1) is 0 Å².